The van der Waals surface area contributed by atoms with Gasteiger partial charge in [0.15, 0.2) is 16.9 Å². The molecule has 7 aliphatic rings. The van der Waals surface area contributed by atoms with Crippen LogP contribution >= 0.6 is 11.3 Å². The molecule has 9 N–H and O–H groups in total. The van der Waals surface area contributed by atoms with E-state index in [1.807, 2.05) is 59.0 Å². The number of aromatic carboxylic acids is 1. The highest BCUT2D eigenvalue weighted by Crippen LogP contribution is 2.72. The molecule has 27 nitrogen and oxygen atoms in total. The predicted molar refractivity (Wildman–Crippen MR) is 360 cm³/mol. The summed E-state index contributed by atoms with van der Waals surface area (Å²) in [6.45, 7) is 7.95. The number of nitrogens with one attached hydrogen (secondary N) is 3. The molecule has 4 unspecified atom stereocenters. The zero-order chi connectivity index (χ0) is 70.3. The molecule has 5 fully saturated rings. The fourth-order valence-electron chi connectivity index (χ4n) is 16.6. The number of hydrogen-bond acceptors (Lipinski definition) is 22. The van der Waals surface area contributed by atoms with E-state index in [1.165, 1.54) is 11.3 Å². The fraction of sp³-hybridized carbons (Fsp3) is 0.493. The van der Waals surface area contributed by atoms with Crippen molar-refractivity contribution in [3.8, 4) is 16.9 Å². The largest absolute Gasteiger partial charge is 0.479 e. The van der Waals surface area contributed by atoms with Crippen molar-refractivity contribution < 1.29 is 83.1 Å². The number of thiazole rings is 1. The quantitative estimate of drug-likeness (QED) is 0.0133. The van der Waals surface area contributed by atoms with E-state index in [0.29, 0.717) is 78.5 Å². The SMILES string of the molecule is Cc1c(-c2ccc(N3CCc4cccc(C(=O)Nc5nc6ccccc6s5)c4C3)nc2C(=O)O)cnn1CC12CC3(C)CC(C)(C1)CC(OCCNC(CC(O)N(C)C)C(=O)OCc1ccc(CCCCNC(=O)CN4C(=O)C=CC4=O)cc1O[C@@H]1O[C@H](C(=O)O)[C@@H](O)[C@H](O)[C@H]1O)(C3)C2. The molecule has 99 heavy (non-hydrogen) atoms. The lowest BCUT2D eigenvalue weighted by atomic mass is 9.39. The number of anilines is 2. The zero-order valence-electron chi connectivity index (χ0n) is 55.8. The number of benzene rings is 3. The molecule has 9 atom stereocenters. The molecule has 526 valence electrons. The van der Waals surface area contributed by atoms with Gasteiger partial charge in [-0.2, -0.15) is 5.10 Å². The van der Waals surface area contributed by atoms with Crippen LogP contribution in [0.1, 0.15) is 120 Å². The second-order valence-electron chi connectivity index (χ2n) is 28.4. The van der Waals surface area contributed by atoms with E-state index in [2.05, 4.69) is 34.8 Å². The number of aliphatic hydroxyl groups is 4. The number of aromatic nitrogens is 4. The number of amides is 4. The number of imide groups is 1. The van der Waals surface area contributed by atoms with E-state index >= 15 is 0 Å². The molecule has 0 radical (unpaired) electrons. The summed E-state index contributed by atoms with van der Waals surface area (Å²) in [5.41, 5.74) is 5.07. The van der Waals surface area contributed by atoms with Gasteiger partial charge in [-0.3, -0.25) is 43.8 Å². The number of aryl methyl sites for hydroxylation is 1. The molecule has 13 rings (SSSR count). The van der Waals surface area contributed by atoms with Crippen molar-refractivity contribution in [2.24, 2.45) is 16.2 Å². The van der Waals surface area contributed by atoms with E-state index in [4.69, 9.17) is 29.0 Å². The maximum atomic E-state index is 14.3. The third kappa shape index (κ3) is 15.3. The number of rotatable bonds is 28. The second-order valence-corrected chi connectivity index (χ2v) is 29.5. The van der Waals surface area contributed by atoms with Gasteiger partial charge < -0.3 is 65.1 Å². The van der Waals surface area contributed by atoms with Gasteiger partial charge in [0.25, 0.3) is 17.7 Å². The maximum absolute atomic E-state index is 14.3. The molecule has 6 heterocycles. The monoisotopic (exact) mass is 1380 g/mol. The summed E-state index contributed by atoms with van der Waals surface area (Å²) < 4.78 is 27.5. The Morgan fingerprint density at radius 2 is 1.61 bits per heavy atom. The Bertz CT molecular complexity index is 4070. The number of esters is 1. The number of hydrogen-bond donors (Lipinski definition) is 9. The lowest BCUT2D eigenvalue weighted by molar-refractivity contribution is -0.271. The van der Waals surface area contributed by atoms with Crippen LogP contribution in [0, 0.1) is 23.2 Å². The van der Waals surface area contributed by atoms with Crippen molar-refractivity contribution in [1.29, 1.82) is 0 Å². The van der Waals surface area contributed by atoms with Crippen LogP contribution in [0.25, 0.3) is 21.3 Å². The zero-order valence-corrected chi connectivity index (χ0v) is 56.7. The number of carbonyl (C=O) groups excluding carboxylic acids is 5. The van der Waals surface area contributed by atoms with Crippen LogP contribution in [0.3, 0.4) is 0 Å². The minimum atomic E-state index is -1.98. The van der Waals surface area contributed by atoms with Crippen LogP contribution in [0.2, 0.25) is 0 Å². The first-order valence-corrected chi connectivity index (χ1v) is 34.2. The van der Waals surface area contributed by atoms with Gasteiger partial charge in [-0.25, -0.2) is 19.6 Å². The summed E-state index contributed by atoms with van der Waals surface area (Å²) in [5.74, 6) is -4.97. The van der Waals surface area contributed by atoms with E-state index in [-0.39, 0.29) is 65.3 Å². The van der Waals surface area contributed by atoms with E-state index < -0.39 is 97.4 Å². The van der Waals surface area contributed by atoms with E-state index in [1.54, 1.807) is 55.5 Å². The van der Waals surface area contributed by atoms with Crippen LogP contribution in [0.4, 0.5) is 10.9 Å². The first-order chi connectivity index (χ1) is 47.2. The molecule has 4 saturated carbocycles. The van der Waals surface area contributed by atoms with Gasteiger partial charge in [-0.05, 0) is 155 Å². The van der Waals surface area contributed by atoms with Crippen LogP contribution in [-0.4, -0.2) is 197 Å². The van der Waals surface area contributed by atoms with E-state index in [0.717, 1.165) is 82.6 Å². The molecule has 28 heteroatoms. The van der Waals surface area contributed by atoms with Crippen LogP contribution in [0.5, 0.6) is 5.75 Å². The molecular formula is C71H84N10O17S. The molecular weight excluding hydrogens is 1300 g/mol. The van der Waals surface area contributed by atoms with Crippen LogP contribution < -0.4 is 25.6 Å². The lowest BCUT2D eigenvalue weighted by Gasteiger charge is -2.69. The average molecular weight is 1380 g/mol. The highest BCUT2D eigenvalue weighted by molar-refractivity contribution is 7.22. The molecule has 3 aromatic heterocycles. The molecule has 4 aliphatic carbocycles. The van der Waals surface area contributed by atoms with Gasteiger partial charge in [-0.1, -0.05) is 61.6 Å². The summed E-state index contributed by atoms with van der Waals surface area (Å²) in [5, 5.41) is 78.1. The first-order valence-electron chi connectivity index (χ1n) is 33.4. The van der Waals surface area contributed by atoms with Crippen molar-refractivity contribution >= 4 is 74.0 Å². The van der Waals surface area contributed by atoms with Crippen molar-refractivity contribution in [2.75, 3.05) is 57.1 Å². The Balaban J connectivity index is 0.694. The number of carboxylic acids is 2. The van der Waals surface area contributed by atoms with Crippen molar-refractivity contribution in [3.05, 3.63) is 130 Å². The summed E-state index contributed by atoms with van der Waals surface area (Å²) >= 11 is 1.40. The van der Waals surface area contributed by atoms with Crippen LogP contribution in [0.15, 0.2) is 91.1 Å². The second kappa shape index (κ2) is 28.6. The molecule has 3 aromatic carbocycles. The van der Waals surface area contributed by atoms with Gasteiger partial charge in [0.2, 0.25) is 12.2 Å². The Morgan fingerprint density at radius 3 is 2.33 bits per heavy atom. The smallest absolute Gasteiger partial charge is 0.355 e. The molecule has 4 bridgehead atoms. The average Bonchev–Trinajstić information content (AvgIpc) is 0.858. The lowest BCUT2D eigenvalue weighted by Crippen LogP contribution is -2.64. The van der Waals surface area contributed by atoms with Crippen molar-refractivity contribution in [3.63, 3.8) is 0 Å². The maximum Gasteiger partial charge on any atom is 0.355 e. The Morgan fingerprint density at radius 1 is 0.848 bits per heavy atom. The summed E-state index contributed by atoms with van der Waals surface area (Å²) in [4.78, 5) is 103. The van der Waals surface area contributed by atoms with Crippen molar-refractivity contribution in [2.45, 2.75) is 160 Å². The standard InChI is InChI=1S/C71H84N10O17S/c1-40-46(44-18-19-52(76-57(44)63(90)91)79-25-22-42-12-10-13-45(47(42)30-79)62(89)77-67-75-48-14-6-7-15-51(48)99-67)29-74-81(40)39-70-34-68(2)33-69(3,35-70)37-71(36-68,38-70)96-26-24-72-49(28-56(85)78(4)5)65(94)95-32-43-17-16-41(11-8-9-23-73-53(82)31-80-54(83)20-21-55(80)84)27-50(43)97-66-60(88)58(86)59(87)61(98-66)64(92)93/h6-7,10,12-21,27,29,49,56,58-61,66,72,85-88H,8-9,11,22-26,28,30-39H2,1-5H3,(H,73,82)(H,90,91)(H,92,93)(H,75,77,89)/t49?,56?,58-,59-,60+,61-,66+,68?,69?,70?,71?/m0/s1. The molecule has 6 aromatic rings. The first kappa shape index (κ1) is 70.3. The number of fused-ring (bicyclic) bond motifs is 2. The third-order valence-corrected chi connectivity index (χ3v) is 21.1. The van der Waals surface area contributed by atoms with Gasteiger partial charge in [-0.15, -0.1) is 0 Å². The molecule has 1 saturated heterocycles. The van der Waals surface area contributed by atoms with Gasteiger partial charge >= 0.3 is 17.9 Å². The normalized spacial score (nSPS) is 26.0. The molecule has 0 spiro atoms. The van der Waals surface area contributed by atoms with Gasteiger partial charge in [0.05, 0.1) is 28.6 Å². The topological polar surface area (TPSA) is 367 Å². The Hall–Kier alpha value is -8.58. The number of nitrogens with zero attached hydrogens (tertiary/aromatic N) is 7. The molecule has 3 aliphatic heterocycles. The number of unbranched alkanes of at least 4 members (excludes halogenated alkanes) is 1. The van der Waals surface area contributed by atoms with Gasteiger partial charge in [0.1, 0.15) is 55.3 Å². The summed E-state index contributed by atoms with van der Waals surface area (Å²) in [6, 6.07) is 20.9. The number of ether oxygens (including phenoxy) is 4. The minimum absolute atomic E-state index is 0.00174. The van der Waals surface area contributed by atoms with E-state index in [9.17, 15) is 64.2 Å². The van der Waals surface area contributed by atoms with Gasteiger partial charge in [0, 0.05) is 79.2 Å². The Kier molecular flexibility index (Phi) is 20.3. The predicted octanol–water partition coefficient (Wildman–Crippen LogP) is 5.12. The number of pyridine rings is 1. The summed E-state index contributed by atoms with van der Waals surface area (Å²) in [7, 11) is 3.34. The number of para-hydroxylation sites is 1. The molecule has 4 amide bonds. The summed E-state index contributed by atoms with van der Waals surface area (Å²) in [6.07, 6.45) is 0.542. The minimum Gasteiger partial charge on any atom is -0.479 e. The highest BCUT2D eigenvalue weighted by atomic mass is 32.1. The number of carboxylic acid groups (broad SMARTS) is 2. The highest BCUT2D eigenvalue weighted by Gasteiger charge is 2.66. The number of aliphatic hydroxyl groups excluding tert-OH is 4. The number of carbonyl (C=O) groups is 7. The van der Waals surface area contributed by atoms with Crippen LogP contribution in [-0.2, 0) is 70.7 Å². The number of aliphatic carboxylic acids is 1. The Labute approximate surface area is 575 Å². The fourth-order valence-corrected chi connectivity index (χ4v) is 17.4. The van der Waals surface area contributed by atoms with Crippen molar-refractivity contribution in [1.82, 2.24) is 40.2 Å². The third-order valence-electron chi connectivity index (χ3n) is 20.2.